The molecule has 7 heteroatoms. The summed E-state index contributed by atoms with van der Waals surface area (Å²) in [5, 5.41) is 4.87. The number of hydrogen-bond acceptors (Lipinski definition) is 6. The van der Waals surface area contributed by atoms with Crippen LogP contribution in [0.4, 0.5) is 5.69 Å². The van der Waals surface area contributed by atoms with E-state index >= 15 is 0 Å². The summed E-state index contributed by atoms with van der Waals surface area (Å²) in [6.07, 6.45) is 1.94. The molecule has 2 aromatic heterocycles. The summed E-state index contributed by atoms with van der Waals surface area (Å²) in [6, 6.07) is 9.32. The van der Waals surface area contributed by atoms with Crippen molar-refractivity contribution in [3.63, 3.8) is 0 Å². The van der Waals surface area contributed by atoms with Gasteiger partial charge in [0.1, 0.15) is 5.76 Å². The molecule has 0 bridgehead atoms. The maximum absolute atomic E-state index is 12.5. The Kier molecular flexibility index (Phi) is 7.30. The lowest BCUT2D eigenvalue weighted by Gasteiger charge is -2.14. The molecule has 154 valence electrons. The molecule has 1 amide bonds. The molecular weight excluding hydrogens is 388 g/mol. The summed E-state index contributed by atoms with van der Waals surface area (Å²) in [6.45, 7) is 7.12. The van der Waals surface area contributed by atoms with Gasteiger partial charge in [0.2, 0.25) is 11.8 Å². The first-order valence-electron chi connectivity index (χ1n) is 9.80. The molecule has 0 radical (unpaired) electrons. The number of anilines is 1. The van der Waals surface area contributed by atoms with Crippen LogP contribution in [-0.4, -0.2) is 24.1 Å². The van der Waals surface area contributed by atoms with Gasteiger partial charge in [-0.3, -0.25) is 4.79 Å². The van der Waals surface area contributed by atoms with Crippen LogP contribution in [0.2, 0.25) is 0 Å². The molecule has 3 aromatic rings. The van der Waals surface area contributed by atoms with Gasteiger partial charge in [-0.2, -0.15) is 0 Å². The third kappa shape index (κ3) is 5.60. The van der Waals surface area contributed by atoms with Crippen LogP contribution in [0, 0.1) is 6.92 Å². The van der Waals surface area contributed by atoms with Crippen LogP contribution in [0.5, 0.6) is 11.5 Å². The summed E-state index contributed by atoms with van der Waals surface area (Å²) in [7, 11) is 0. The lowest BCUT2D eigenvalue weighted by Crippen LogP contribution is -2.15. The number of amides is 1. The molecule has 0 atom stereocenters. The highest BCUT2D eigenvalue weighted by atomic mass is 32.1. The van der Waals surface area contributed by atoms with Crippen LogP contribution in [0.25, 0.3) is 10.8 Å². The zero-order chi connectivity index (χ0) is 20.6. The molecule has 1 N–H and O–H groups in total. The molecule has 0 spiro atoms. The molecule has 2 heterocycles. The minimum absolute atomic E-state index is 0.139. The second-order valence-electron chi connectivity index (χ2n) is 6.58. The van der Waals surface area contributed by atoms with E-state index < -0.39 is 0 Å². The third-order valence-electron chi connectivity index (χ3n) is 4.10. The molecule has 29 heavy (non-hydrogen) atoms. The van der Waals surface area contributed by atoms with E-state index in [9.17, 15) is 4.79 Å². The number of nitrogens with one attached hydrogen (secondary N) is 1. The smallest absolute Gasteiger partial charge is 0.236 e. The Bertz CT molecular complexity index is 934. The Hall–Kier alpha value is -2.80. The molecule has 0 aliphatic heterocycles. The van der Waals surface area contributed by atoms with E-state index in [0.717, 1.165) is 17.7 Å². The topological polar surface area (TPSA) is 73.6 Å². The maximum Gasteiger partial charge on any atom is 0.236 e. The van der Waals surface area contributed by atoms with Crippen molar-refractivity contribution < 1.29 is 18.7 Å². The molecule has 0 aliphatic carbocycles. The molecule has 6 nitrogen and oxygen atoms in total. The standard InChI is InChI=1S/C22H26N2O4S/c1-4-10-26-18-9-8-16(13-19(18)27-11-5-2)23-21(25)14-17-15(3)28-22(24-17)20-7-6-12-29-20/h6-9,12-13H,4-5,10-11,14H2,1-3H3,(H,23,25). The molecule has 1 aromatic carbocycles. The van der Waals surface area contributed by atoms with E-state index in [1.807, 2.05) is 43.5 Å². The number of carbonyl (C=O) groups is 1. The number of carbonyl (C=O) groups excluding carboxylic acids is 1. The summed E-state index contributed by atoms with van der Waals surface area (Å²) in [4.78, 5) is 18.0. The lowest BCUT2D eigenvalue weighted by atomic mass is 10.2. The SMILES string of the molecule is CCCOc1ccc(NC(=O)Cc2nc(-c3cccs3)oc2C)cc1OCCC. The minimum Gasteiger partial charge on any atom is -0.490 e. The molecule has 0 fully saturated rings. The van der Waals surface area contributed by atoms with Crippen molar-refractivity contribution in [2.45, 2.75) is 40.0 Å². The molecule has 0 saturated carbocycles. The van der Waals surface area contributed by atoms with Crippen LogP contribution in [0.3, 0.4) is 0 Å². The average molecular weight is 415 g/mol. The van der Waals surface area contributed by atoms with Crippen molar-refractivity contribution in [1.29, 1.82) is 0 Å². The maximum atomic E-state index is 12.5. The second kappa shape index (κ2) is 10.1. The van der Waals surface area contributed by atoms with Gasteiger partial charge >= 0.3 is 0 Å². The highest BCUT2D eigenvalue weighted by Gasteiger charge is 2.16. The van der Waals surface area contributed by atoms with E-state index in [2.05, 4.69) is 17.2 Å². The monoisotopic (exact) mass is 414 g/mol. The molecular formula is C22H26N2O4S. The number of aryl methyl sites for hydroxylation is 1. The highest BCUT2D eigenvalue weighted by Crippen LogP contribution is 2.31. The van der Waals surface area contributed by atoms with Crippen molar-refractivity contribution in [2.24, 2.45) is 0 Å². The van der Waals surface area contributed by atoms with Gasteiger partial charge in [-0.15, -0.1) is 11.3 Å². The van der Waals surface area contributed by atoms with E-state index in [0.29, 0.717) is 47.7 Å². The minimum atomic E-state index is -0.164. The van der Waals surface area contributed by atoms with Crippen molar-refractivity contribution in [1.82, 2.24) is 4.98 Å². The van der Waals surface area contributed by atoms with Gasteiger partial charge < -0.3 is 19.2 Å². The first kappa shape index (κ1) is 20.9. The van der Waals surface area contributed by atoms with E-state index in [4.69, 9.17) is 13.9 Å². The predicted molar refractivity (Wildman–Crippen MR) is 115 cm³/mol. The van der Waals surface area contributed by atoms with E-state index in [1.165, 1.54) is 0 Å². The van der Waals surface area contributed by atoms with Crippen molar-refractivity contribution in [2.75, 3.05) is 18.5 Å². The Morgan fingerprint density at radius 2 is 1.90 bits per heavy atom. The van der Waals surface area contributed by atoms with Crippen LogP contribution in [-0.2, 0) is 11.2 Å². The number of thiophene rings is 1. The zero-order valence-corrected chi connectivity index (χ0v) is 17.8. The Labute approximate surface area is 174 Å². The van der Waals surface area contributed by atoms with Crippen LogP contribution in [0.15, 0.2) is 40.1 Å². The number of nitrogens with zero attached hydrogens (tertiary/aromatic N) is 1. The van der Waals surface area contributed by atoms with Crippen molar-refractivity contribution in [3.05, 3.63) is 47.2 Å². The summed E-state index contributed by atoms with van der Waals surface area (Å²) in [5.41, 5.74) is 1.29. The fourth-order valence-corrected chi connectivity index (χ4v) is 3.35. The predicted octanol–water partition coefficient (Wildman–Crippen LogP) is 5.47. The molecule has 0 saturated heterocycles. The van der Waals surface area contributed by atoms with Gasteiger partial charge in [0.15, 0.2) is 11.5 Å². The number of rotatable bonds is 10. The van der Waals surface area contributed by atoms with Crippen LogP contribution in [0.1, 0.15) is 38.1 Å². The molecule has 3 rings (SSSR count). The van der Waals surface area contributed by atoms with E-state index in [-0.39, 0.29) is 12.3 Å². The summed E-state index contributed by atoms with van der Waals surface area (Å²) in [5.74, 6) is 2.36. The summed E-state index contributed by atoms with van der Waals surface area (Å²) >= 11 is 1.55. The average Bonchev–Trinajstić information content (AvgIpc) is 3.36. The second-order valence-corrected chi connectivity index (χ2v) is 7.53. The molecule has 0 aliphatic rings. The van der Waals surface area contributed by atoms with E-state index in [1.54, 1.807) is 17.4 Å². The lowest BCUT2D eigenvalue weighted by molar-refractivity contribution is -0.115. The van der Waals surface area contributed by atoms with Gasteiger partial charge in [-0.1, -0.05) is 19.9 Å². The fourth-order valence-electron chi connectivity index (χ4n) is 2.70. The highest BCUT2D eigenvalue weighted by molar-refractivity contribution is 7.13. The number of oxazole rings is 1. The fraction of sp³-hybridized carbons (Fsp3) is 0.364. The first-order chi connectivity index (χ1) is 14.1. The molecule has 0 unspecified atom stereocenters. The number of benzene rings is 1. The number of hydrogen-bond donors (Lipinski definition) is 1. The van der Waals surface area contributed by atoms with Crippen molar-refractivity contribution in [3.8, 4) is 22.3 Å². The van der Waals surface area contributed by atoms with Crippen LogP contribution < -0.4 is 14.8 Å². The first-order valence-corrected chi connectivity index (χ1v) is 10.7. The Morgan fingerprint density at radius 3 is 2.59 bits per heavy atom. The summed E-state index contributed by atoms with van der Waals surface area (Å²) < 4.78 is 17.2. The van der Waals surface area contributed by atoms with Gasteiger partial charge in [0, 0.05) is 11.8 Å². The van der Waals surface area contributed by atoms with Crippen molar-refractivity contribution >= 4 is 22.9 Å². The van der Waals surface area contributed by atoms with Gasteiger partial charge in [0.05, 0.1) is 30.2 Å². The normalized spacial score (nSPS) is 10.7. The largest absolute Gasteiger partial charge is 0.490 e. The van der Waals surface area contributed by atoms with Crippen LogP contribution >= 0.6 is 11.3 Å². The number of ether oxygens (including phenoxy) is 2. The van der Waals surface area contributed by atoms with Gasteiger partial charge in [-0.05, 0) is 43.3 Å². The third-order valence-corrected chi connectivity index (χ3v) is 4.96. The van der Waals surface area contributed by atoms with Gasteiger partial charge in [0.25, 0.3) is 0 Å². The Morgan fingerprint density at radius 1 is 1.14 bits per heavy atom. The zero-order valence-electron chi connectivity index (χ0n) is 17.0. The quantitative estimate of drug-likeness (QED) is 0.476. The number of aromatic nitrogens is 1. The Balaban J connectivity index is 1.68. The van der Waals surface area contributed by atoms with Gasteiger partial charge in [-0.25, -0.2) is 4.98 Å².